The minimum absolute atomic E-state index is 0.123. The molecule has 0 aliphatic heterocycles. The summed E-state index contributed by atoms with van der Waals surface area (Å²) >= 11 is 0. The number of allylic oxidation sites excluding steroid dienone is 1. The maximum Gasteiger partial charge on any atom is 0.0969 e. The third-order valence-electron chi connectivity index (χ3n) is 0.677. The average Bonchev–Trinajstić information content (AvgIpc) is 1.68. The highest BCUT2D eigenvalue weighted by Gasteiger charge is 1.82. The number of rotatable bonds is 2. The van der Waals surface area contributed by atoms with Crippen LogP contribution >= 0.6 is 0 Å². The van der Waals surface area contributed by atoms with E-state index in [9.17, 15) is 4.39 Å². The molecule has 0 saturated carbocycles. The first-order valence-corrected chi connectivity index (χ1v) is 2.35. The van der Waals surface area contributed by atoms with E-state index in [-0.39, 0.29) is 5.83 Å². The van der Waals surface area contributed by atoms with Crippen molar-refractivity contribution in [1.82, 2.24) is 0 Å². The summed E-state index contributed by atoms with van der Waals surface area (Å²) in [6.45, 7) is 2.06. The second-order valence-corrected chi connectivity index (χ2v) is 1.24. The highest BCUT2D eigenvalue weighted by atomic mass is 19.1. The first-order chi connectivity index (χ1) is 3.31. The van der Waals surface area contributed by atoms with Crippen molar-refractivity contribution in [2.45, 2.75) is 13.3 Å². The maximum absolute atomic E-state index is 11.9. The molecular weight excluding hydrogens is 93.1 g/mol. The standard InChI is InChI=1S/C5H10FN/c1-2-5(6)3-4-7/h3H,2,4,7H2,1H3/b5-3+. The summed E-state index contributed by atoms with van der Waals surface area (Å²) in [6, 6.07) is 0. The zero-order valence-electron chi connectivity index (χ0n) is 4.45. The molecule has 2 N–H and O–H groups in total. The summed E-state index contributed by atoms with van der Waals surface area (Å²) in [5.41, 5.74) is 4.99. The van der Waals surface area contributed by atoms with Gasteiger partial charge in [0.25, 0.3) is 0 Å². The molecule has 0 heterocycles. The van der Waals surface area contributed by atoms with E-state index in [0.717, 1.165) is 0 Å². The van der Waals surface area contributed by atoms with Gasteiger partial charge in [0.15, 0.2) is 0 Å². The Morgan fingerprint density at radius 1 is 1.86 bits per heavy atom. The zero-order chi connectivity index (χ0) is 5.70. The molecule has 42 valence electrons. The number of nitrogens with two attached hydrogens (primary N) is 1. The van der Waals surface area contributed by atoms with E-state index >= 15 is 0 Å². The van der Waals surface area contributed by atoms with Gasteiger partial charge in [-0.3, -0.25) is 0 Å². The van der Waals surface area contributed by atoms with Gasteiger partial charge >= 0.3 is 0 Å². The Labute approximate surface area is 43.0 Å². The highest BCUT2D eigenvalue weighted by molar-refractivity contribution is 4.90. The van der Waals surface area contributed by atoms with Crippen LogP contribution in [-0.2, 0) is 0 Å². The average molecular weight is 103 g/mol. The Kier molecular flexibility index (Phi) is 3.61. The van der Waals surface area contributed by atoms with Crippen LogP contribution in [0.2, 0.25) is 0 Å². The molecule has 0 aliphatic rings. The Hall–Kier alpha value is -0.370. The van der Waals surface area contributed by atoms with E-state index in [4.69, 9.17) is 5.73 Å². The number of hydrogen-bond acceptors (Lipinski definition) is 1. The van der Waals surface area contributed by atoms with E-state index in [1.54, 1.807) is 6.92 Å². The van der Waals surface area contributed by atoms with Crippen LogP contribution in [0.15, 0.2) is 11.9 Å². The van der Waals surface area contributed by atoms with Crippen LogP contribution in [0.5, 0.6) is 0 Å². The van der Waals surface area contributed by atoms with Crippen LogP contribution in [0, 0.1) is 0 Å². The molecule has 0 rings (SSSR count). The van der Waals surface area contributed by atoms with Crippen LogP contribution < -0.4 is 5.73 Å². The van der Waals surface area contributed by atoms with Crippen LogP contribution in [0.3, 0.4) is 0 Å². The minimum atomic E-state index is -0.123. The first kappa shape index (κ1) is 6.63. The summed E-state index contributed by atoms with van der Waals surface area (Å²) in [6.07, 6.45) is 1.83. The van der Waals surface area contributed by atoms with Crippen molar-refractivity contribution in [2.75, 3.05) is 6.54 Å². The molecule has 1 nitrogen and oxygen atoms in total. The normalized spacial score (nSPS) is 12.1. The fraction of sp³-hybridized carbons (Fsp3) is 0.600. The van der Waals surface area contributed by atoms with E-state index in [2.05, 4.69) is 0 Å². The SMILES string of the molecule is CC/C(F)=C\CN. The third kappa shape index (κ3) is 3.46. The van der Waals surface area contributed by atoms with Crippen LogP contribution in [-0.4, -0.2) is 6.54 Å². The summed E-state index contributed by atoms with van der Waals surface area (Å²) in [5.74, 6) is -0.123. The molecule has 0 spiro atoms. The van der Waals surface area contributed by atoms with E-state index < -0.39 is 0 Å². The minimum Gasteiger partial charge on any atom is -0.327 e. The molecule has 7 heavy (non-hydrogen) atoms. The van der Waals surface area contributed by atoms with Gasteiger partial charge in [-0.25, -0.2) is 4.39 Å². The molecule has 0 aromatic heterocycles. The van der Waals surface area contributed by atoms with Crippen molar-refractivity contribution in [2.24, 2.45) is 5.73 Å². The largest absolute Gasteiger partial charge is 0.327 e. The van der Waals surface area contributed by atoms with Gasteiger partial charge in [0.05, 0.1) is 5.83 Å². The molecule has 0 amide bonds. The fourth-order valence-corrected chi connectivity index (χ4v) is 0.272. The molecule has 0 saturated heterocycles. The van der Waals surface area contributed by atoms with Crippen LogP contribution in [0.4, 0.5) is 4.39 Å². The molecule has 0 radical (unpaired) electrons. The molecule has 0 bridgehead atoms. The van der Waals surface area contributed by atoms with Gasteiger partial charge in [-0.05, 0) is 12.5 Å². The predicted molar refractivity (Wildman–Crippen MR) is 28.5 cm³/mol. The second kappa shape index (κ2) is 3.81. The number of halogens is 1. The summed E-state index contributed by atoms with van der Waals surface area (Å²) in [4.78, 5) is 0. The summed E-state index contributed by atoms with van der Waals surface area (Å²) < 4.78 is 11.9. The van der Waals surface area contributed by atoms with E-state index in [1.165, 1.54) is 6.08 Å². The molecule has 0 fully saturated rings. The zero-order valence-corrected chi connectivity index (χ0v) is 4.45. The summed E-state index contributed by atoms with van der Waals surface area (Å²) in [7, 11) is 0. The molecule has 0 atom stereocenters. The van der Waals surface area contributed by atoms with Crippen molar-refractivity contribution < 1.29 is 4.39 Å². The van der Waals surface area contributed by atoms with Gasteiger partial charge in [0.1, 0.15) is 0 Å². The second-order valence-electron chi connectivity index (χ2n) is 1.24. The van der Waals surface area contributed by atoms with Crippen molar-refractivity contribution in [1.29, 1.82) is 0 Å². The van der Waals surface area contributed by atoms with E-state index in [1.807, 2.05) is 0 Å². The molecular formula is C5H10FN. The lowest BCUT2D eigenvalue weighted by molar-refractivity contribution is 0.600. The summed E-state index contributed by atoms with van der Waals surface area (Å²) in [5, 5.41) is 0. The Morgan fingerprint density at radius 2 is 2.43 bits per heavy atom. The molecule has 0 unspecified atom stereocenters. The van der Waals surface area contributed by atoms with Gasteiger partial charge in [-0.15, -0.1) is 0 Å². The quantitative estimate of drug-likeness (QED) is 0.558. The monoisotopic (exact) mass is 103 g/mol. The van der Waals surface area contributed by atoms with Gasteiger partial charge in [0.2, 0.25) is 0 Å². The smallest absolute Gasteiger partial charge is 0.0969 e. The lowest BCUT2D eigenvalue weighted by Gasteiger charge is -1.83. The Morgan fingerprint density at radius 3 is 2.57 bits per heavy atom. The van der Waals surface area contributed by atoms with Crippen LogP contribution in [0.1, 0.15) is 13.3 Å². The maximum atomic E-state index is 11.9. The van der Waals surface area contributed by atoms with Gasteiger partial charge in [-0.1, -0.05) is 6.92 Å². The lowest BCUT2D eigenvalue weighted by Crippen LogP contribution is -1.93. The Balaban J connectivity index is 3.29. The third-order valence-corrected chi connectivity index (χ3v) is 0.677. The van der Waals surface area contributed by atoms with Crippen molar-refractivity contribution in [3.63, 3.8) is 0 Å². The van der Waals surface area contributed by atoms with Gasteiger partial charge in [0, 0.05) is 6.54 Å². The lowest BCUT2D eigenvalue weighted by atomic mass is 10.4. The highest BCUT2D eigenvalue weighted by Crippen LogP contribution is 1.97. The van der Waals surface area contributed by atoms with Crippen molar-refractivity contribution in [3.8, 4) is 0 Å². The molecule has 0 aromatic carbocycles. The van der Waals surface area contributed by atoms with Gasteiger partial charge in [-0.2, -0.15) is 0 Å². The Bertz CT molecular complexity index is 68.5. The topological polar surface area (TPSA) is 26.0 Å². The predicted octanol–water partition coefficient (Wildman–Crippen LogP) is 1.21. The number of hydrogen-bond donors (Lipinski definition) is 1. The van der Waals surface area contributed by atoms with Crippen LogP contribution in [0.25, 0.3) is 0 Å². The van der Waals surface area contributed by atoms with E-state index in [0.29, 0.717) is 13.0 Å². The first-order valence-electron chi connectivity index (χ1n) is 2.35. The fourth-order valence-electron chi connectivity index (χ4n) is 0.272. The molecule has 2 heteroatoms. The molecule has 0 aliphatic carbocycles. The molecule has 0 aromatic rings. The van der Waals surface area contributed by atoms with Crippen molar-refractivity contribution >= 4 is 0 Å². The van der Waals surface area contributed by atoms with Gasteiger partial charge < -0.3 is 5.73 Å². The van der Waals surface area contributed by atoms with Crippen molar-refractivity contribution in [3.05, 3.63) is 11.9 Å².